The Hall–Kier alpha value is -3.14. The summed E-state index contributed by atoms with van der Waals surface area (Å²) in [6, 6.07) is 14.5. The number of carbonyl (C=O) groups is 2. The molecule has 2 aromatic carbocycles. The third kappa shape index (κ3) is 4.68. The fourth-order valence-corrected chi connectivity index (χ4v) is 2.35. The van der Waals surface area contributed by atoms with E-state index in [0.717, 1.165) is 12.8 Å². The van der Waals surface area contributed by atoms with Gasteiger partial charge in [-0.25, -0.2) is 9.59 Å². The smallest absolute Gasteiger partial charge is 0.337 e. The average Bonchev–Trinajstić information content (AvgIpc) is 2.58. The van der Waals surface area contributed by atoms with Gasteiger partial charge in [-0.05, 0) is 30.0 Å². The maximum atomic E-state index is 11.3. The van der Waals surface area contributed by atoms with E-state index in [1.165, 1.54) is 17.7 Å². The van der Waals surface area contributed by atoms with E-state index in [9.17, 15) is 14.7 Å². The lowest BCUT2D eigenvalue weighted by Crippen LogP contribution is -2.09. The number of carboxylic acid groups (broad SMARTS) is 2. The second-order valence-corrected chi connectivity index (χ2v) is 5.19. The minimum absolute atomic E-state index is 0.195. The first-order valence-electron chi connectivity index (χ1n) is 7.56. The van der Waals surface area contributed by atoms with Crippen LogP contribution in [0.15, 0.2) is 66.8 Å². The number of hydrogen-bond donors (Lipinski definition) is 2. The highest BCUT2D eigenvalue weighted by atomic mass is 16.4. The molecule has 0 aromatic heterocycles. The normalized spacial score (nSPS) is 11.2. The average molecular weight is 322 g/mol. The van der Waals surface area contributed by atoms with Crippen LogP contribution in [0.25, 0.3) is 6.08 Å². The zero-order valence-electron chi connectivity index (χ0n) is 13.1. The van der Waals surface area contributed by atoms with Gasteiger partial charge in [0.05, 0.1) is 11.1 Å². The SMILES string of the molecule is O=C(O)c1cccc(/C=C/C=C/CCc2ccccc2)c1C(=O)O. The molecule has 0 unspecified atom stereocenters. The van der Waals surface area contributed by atoms with Crippen LogP contribution >= 0.6 is 0 Å². The Kier molecular flexibility index (Phi) is 6.08. The van der Waals surface area contributed by atoms with Crippen LogP contribution in [0, 0.1) is 0 Å². The lowest BCUT2D eigenvalue weighted by Gasteiger charge is -2.04. The van der Waals surface area contributed by atoms with Gasteiger partial charge in [0, 0.05) is 0 Å². The molecular weight excluding hydrogens is 304 g/mol. The minimum atomic E-state index is -1.25. The highest BCUT2D eigenvalue weighted by Crippen LogP contribution is 2.17. The van der Waals surface area contributed by atoms with E-state index in [4.69, 9.17) is 5.11 Å². The van der Waals surface area contributed by atoms with Crippen LogP contribution in [0.2, 0.25) is 0 Å². The van der Waals surface area contributed by atoms with Crippen LogP contribution in [0.5, 0.6) is 0 Å². The minimum Gasteiger partial charge on any atom is -0.478 e. The number of aromatic carboxylic acids is 2. The summed E-state index contributed by atoms with van der Waals surface area (Å²) >= 11 is 0. The quantitative estimate of drug-likeness (QED) is 0.746. The summed E-state index contributed by atoms with van der Waals surface area (Å²) in [5.74, 6) is -2.50. The zero-order valence-corrected chi connectivity index (χ0v) is 13.1. The van der Waals surface area contributed by atoms with Crippen molar-refractivity contribution in [1.29, 1.82) is 0 Å². The molecule has 2 rings (SSSR count). The predicted octanol–water partition coefficient (Wildman–Crippen LogP) is 4.29. The molecule has 0 spiro atoms. The Bertz CT molecular complexity index is 773. The molecule has 0 fully saturated rings. The number of hydrogen-bond acceptors (Lipinski definition) is 2. The number of aryl methyl sites for hydroxylation is 1. The van der Waals surface area contributed by atoms with Crippen LogP contribution in [0.4, 0.5) is 0 Å². The van der Waals surface area contributed by atoms with Crippen LogP contribution in [0.3, 0.4) is 0 Å². The van der Waals surface area contributed by atoms with Gasteiger partial charge < -0.3 is 10.2 Å². The Morgan fingerprint density at radius 1 is 0.875 bits per heavy atom. The molecule has 0 saturated carbocycles. The molecule has 0 saturated heterocycles. The Morgan fingerprint density at radius 2 is 1.62 bits per heavy atom. The van der Waals surface area contributed by atoms with Gasteiger partial charge in [-0.1, -0.05) is 66.8 Å². The first kappa shape index (κ1) is 17.2. The molecule has 122 valence electrons. The van der Waals surface area contributed by atoms with Gasteiger partial charge in [-0.2, -0.15) is 0 Å². The number of benzene rings is 2. The van der Waals surface area contributed by atoms with Crippen molar-refractivity contribution in [1.82, 2.24) is 0 Å². The molecule has 0 atom stereocenters. The van der Waals surface area contributed by atoms with Gasteiger partial charge in [0.15, 0.2) is 0 Å². The van der Waals surface area contributed by atoms with Crippen LogP contribution < -0.4 is 0 Å². The second-order valence-electron chi connectivity index (χ2n) is 5.19. The zero-order chi connectivity index (χ0) is 17.4. The summed E-state index contributed by atoms with van der Waals surface area (Å²) in [6.07, 6.45) is 8.95. The molecular formula is C20H18O4. The van der Waals surface area contributed by atoms with Crippen molar-refractivity contribution >= 4 is 18.0 Å². The van der Waals surface area contributed by atoms with Gasteiger partial charge >= 0.3 is 11.9 Å². The fraction of sp³-hybridized carbons (Fsp3) is 0.100. The molecule has 0 bridgehead atoms. The summed E-state index contributed by atoms with van der Waals surface area (Å²) in [7, 11) is 0. The highest BCUT2D eigenvalue weighted by molar-refractivity contribution is 6.04. The van der Waals surface area contributed by atoms with E-state index in [1.54, 1.807) is 18.2 Å². The Balaban J connectivity index is 2.04. The molecule has 0 aliphatic heterocycles. The van der Waals surface area contributed by atoms with Crippen molar-refractivity contribution < 1.29 is 19.8 Å². The molecule has 0 aliphatic rings. The first-order valence-corrected chi connectivity index (χ1v) is 7.56. The van der Waals surface area contributed by atoms with Crippen molar-refractivity contribution in [2.24, 2.45) is 0 Å². The fourth-order valence-electron chi connectivity index (χ4n) is 2.35. The third-order valence-corrected chi connectivity index (χ3v) is 3.51. The second kappa shape index (κ2) is 8.48. The molecule has 2 aromatic rings. The van der Waals surface area contributed by atoms with Gasteiger partial charge in [0.2, 0.25) is 0 Å². The largest absolute Gasteiger partial charge is 0.478 e. The van der Waals surface area contributed by atoms with E-state index < -0.39 is 11.9 Å². The van der Waals surface area contributed by atoms with E-state index in [-0.39, 0.29) is 11.1 Å². The van der Waals surface area contributed by atoms with Crippen molar-refractivity contribution in [3.8, 4) is 0 Å². The Morgan fingerprint density at radius 3 is 2.29 bits per heavy atom. The standard InChI is InChI=1S/C20H18O4/c21-19(22)17-14-8-13-16(18(17)20(23)24)12-7-2-1-4-9-15-10-5-3-6-11-15/h1-3,5-8,10-14H,4,9H2,(H,21,22)(H,23,24)/b2-1+,12-7+. The van der Waals surface area contributed by atoms with Gasteiger partial charge in [0.1, 0.15) is 0 Å². The molecule has 24 heavy (non-hydrogen) atoms. The van der Waals surface area contributed by atoms with Gasteiger partial charge in [-0.3, -0.25) is 0 Å². The third-order valence-electron chi connectivity index (χ3n) is 3.51. The number of carboxylic acids is 2. The molecule has 0 amide bonds. The highest BCUT2D eigenvalue weighted by Gasteiger charge is 2.18. The summed E-state index contributed by atoms with van der Waals surface area (Å²) < 4.78 is 0. The van der Waals surface area contributed by atoms with Crippen LogP contribution in [0.1, 0.15) is 38.3 Å². The van der Waals surface area contributed by atoms with Gasteiger partial charge in [0.25, 0.3) is 0 Å². The van der Waals surface area contributed by atoms with E-state index in [1.807, 2.05) is 30.4 Å². The van der Waals surface area contributed by atoms with Crippen molar-refractivity contribution in [2.75, 3.05) is 0 Å². The summed E-state index contributed by atoms with van der Waals surface area (Å²) in [5.41, 5.74) is 1.22. The Labute approximate surface area is 140 Å². The van der Waals surface area contributed by atoms with E-state index in [0.29, 0.717) is 5.56 Å². The lowest BCUT2D eigenvalue weighted by atomic mass is 10.0. The maximum Gasteiger partial charge on any atom is 0.337 e. The lowest BCUT2D eigenvalue weighted by molar-refractivity contribution is 0.0651. The topological polar surface area (TPSA) is 74.6 Å². The van der Waals surface area contributed by atoms with Crippen molar-refractivity contribution in [3.05, 3.63) is 89.0 Å². The monoisotopic (exact) mass is 322 g/mol. The number of rotatable bonds is 7. The van der Waals surface area contributed by atoms with Crippen LogP contribution in [-0.2, 0) is 6.42 Å². The predicted molar refractivity (Wildman–Crippen MR) is 93.3 cm³/mol. The summed E-state index contributed by atoms with van der Waals surface area (Å²) in [6.45, 7) is 0. The molecule has 2 N–H and O–H groups in total. The first-order chi connectivity index (χ1) is 11.6. The van der Waals surface area contributed by atoms with Crippen molar-refractivity contribution in [2.45, 2.75) is 12.8 Å². The molecule has 0 radical (unpaired) electrons. The number of allylic oxidation sites excluding steroid dienone is 3. The molecule has 4 heteroatoms. The summed E-state index contributed by atoms with van der Waals surface area (Å²) in [5, 5.41) is 18.3. The van der Waals surface area contributed by atoms with E-state index >= 15 is 0 Å². The molecule has 4 nitrogen and oxygen atoms in total. The maximum absolute atomic E-state index is 11.3. The van der Waals surface area contributed by atoms with Crippen molar-refractivity contribution in [3.63, 3.8) is 0 Å². The summed E-state index contributed by atoms with van der Waals surface area (Å²) in [4.78, 5) is 22.5. The van der Waals surface area contributed by atoms with E-state index in [2.05, 4.69) is 12.1 Å². The van der Waals surface area contributed by atoms with Crippen LogP contribution in [-0.4, -0.2) is 22.2 Å². The molecule has 0 heterocycles. The molecule has 0 aliphatic carbocycles. The van der Waals surface area contributed by atoms with Gasteiger partial charge in [-0.15, -0.1) is 0 Å².